The van der Waals surface area contributed by atoms with Crippen molar-refractivity contribution in [2.75, 3.05) is 12.0 Å². The van der Waals surface area contributed by atoms with E-state index in [9.17, 15) is 9.59 Å². The molecule has 0 saturated heterocycles. The van der Waals surface area contributed by atoms with Crippen LogP contribution in [-0.2, 0) is 17.9 Å². The fourth-order valence-electron chi connectivity index (χ4n) is 4.15. The first kappa shape index (κ1) is 25.6. The number of ether oxygens (including phenoxy) is 1. The molecule has 4 aromatic rings. The summed E-state index contributed by atoms with van der Waals surface area (Å²) >= 11 is 7.63. The van der Waals surface area contributed by atoms with Gasteiger partial charge in [-0.15, -0.1) is 0 Å². The third-order valence-electron chi connectivity index (χ3n) is 6.14. The van der Waals surface area contributed by atoms with Crippen molar-refractivity contribution in [2.24, 2.45) is 0 Å². The van der Waals surface area contributed by atoms with Gasteiger partial charge in [-0.1, -0.05) is 71.9 Å². The highest BCUT2D eigenvalue weighted by Gasteiger charge is 2.29. The van der Waals surface area contributed by atoms with Crippen LogP contribution in [0.1, 0.15) is 27.0 Å². The summed E-state index contributed by atoms with van der Waals surface area (Å²) in [6.07, 6.45) is 1.87. The molecule has 7 heteroatoms. The van der Waals surface area contributed by atoms with Crippen LogP contribution >= 0.6 is 23.4 Å². The van der Waals surface area contributed by atoms with E-state index in [4.69, 9.17) is 16.3 Å². The smallest absolute Gasteiger partial charge is 0.265 e. The molecular weight excluding hydrogens is 516 g/mol. The Morgan fingerprint density at radius 1 is 0.947 bits per heavy atom. The summed E-state index contributed by atoms with van der Waals surface area (Å²) in [6, 6.07) is 30.2. The number of amides is 2. The molecule has 1 aliphatic rings. The Bertz CT molecular complexity index is 1500. The topological polar surface area (TPSA) is 58.6 Å². The van der Waals surface area contributed by atoms with Crippen LogP contribution in [0.15, 0.2) is 107 Å². The Labute approximate surface area is 231 Å². The van der Waals surface area contributed by atoms with Gasteiger partial charge < -0.3 is 15.0 Å². The molecule has 1 heterocycles. The number of rotatable bonds is 7. The summed E-state index contributed by atoms with van der Waals surface area (Å²) in [5.41, 5.74) is 4.21. The molecule has 2 amide bonds. The molecule has 38 heavy (non-hydrogen) atoms. The second kappa shape index (κ2) is 11.6. The van der Waals surface area contributed by atoms with Crippen molar-refractivity contribution >= 4 is 46.9 Å². The van der Waals surface area contributed by atoms with Crippen LogP contribution in [0.4, 0.5) is 5.69 Å². The first-order valence-electron chi connectivity index (χ1n) is 12.1. The van der Waals surface area contributed by atoms with Crippen molar-refractivity contribution < 1.29 is 14.3 Å². The molecule has 0 unspecified atom stereocenters. The van der Waals surface area contributed by atoms with E-state index in [1.165, 1.54) is 11.8 Å². The van der Waals surface area contributed by atoms with E-state index in [1.54, 1.807) is 24.1 Å². The highest BCUT2D eigenvalue weighted by molar-refractivity contribution is 8.04. The summed E-state index contributed by atoms with van der Waals surface area (Å²) < 4.78 is 5.17. The van der Waals surface area contributed by atoms with Gasteiger partial charge in [-0.3, -0.25) is 9.59 Å². The first-order valence-corrected chi connectivity index (χ1v) is 13.3. The number of carbonyl (C=O) groups excluding carboxylic acids is 2. The standard InChI is InChI=1S/C31H25ClN2O3S/c1-37-26-15-11-22(12-16-26)19-33-30(35)24-13-9-21(10-14-24)18-29-31(36)34(20-23-5-4-6-25(32)17-23)27-7-2-3-8-28(27)38-29/h2-18H,19-20H2,1H3,(H,33,35)/b29-18+. The van der Waals surface area contributed by atoms with Gasteiger partial charge in [0.2, 0.25) is 0 Å². The van der Waals surface area contributed by atoms with E-state index >= 15 is 0 Å². The Balaban J connectivity index is 1.31. The van der Waals surface area contributed by atoms with E-state index in [2.05, 4.69) is 5.32 Å². The summed E-state index contributed by atoms with van der Waals surface area (Å²) in [7, 11) is 1.62. The van der Waals surface area contributed by atoms with Crippen molar-refractivity contribution in [3.05, 3.63) is 129 Å². The molecule has 0 aliphatic carbocycles. The first-order chi connectivity index (χ1) is 18.5. The Kier molecular flexibility index (Phi) is 7.82. The Morgan fingerprint density at radius 3 is 2.45 bits per heavy atom. The van der Waals surface area contributed by atoms with Gasteiger partial charge in [-0.05, 0) is 71.3 Å². The van der Waals surface area contributed by atoms with Gasteiger partial charge >= 0.3 is 0 Å². The van der Waals surface area contributed by atoms with E-state index < -0.39 is 0 Å². The van der Waals surface area contributed by atoms with Crippen LogP contribution < -0.4 is 15.0 Å². The molecular formula is C31H25ClN2O3S. The van der Waals surface area contributed by atoms with Gasteiger partial charge in [0.1, 0.15) is 5.75 Å². The number of fused-ring (bicyclic) bond motifs is 1. The molecule has 1 N–H and O–H groups in total. The molecule has 0 bridgehead atoms. The fraction of sp³-hybridized carbons (Fsp3) is 0.0968. The quantitative estimate of drug-likeness (QED) is 0.257. The predicted molar refractivity (Wildman–Crippen MR) is 154 cm³/mol. The Morgan fingerprint density at radius 2 is 1.71 bits per heavy atom. The number of benzene rings is 4. The maximum absolute atomic E-state index is 13.5. The van der Waals surface area contributed by atoms with Crippen LogP contribution in [0, 0.1) is 0 Å². The van der Waals surface area contributed by atoms with Gasteiger partial charge in [0.15, 0.2) is 0 Å². The van der Waals surface area contributed by atoms with E-state index in [0.717, 1.165) is 33.0 Å². The zero-order valence-corrected chi connectivity index (χ0v) is 22.3. The van der Waals surface area contributed by atoms with Gasteiger partial charge in [0, 0.05) is 22.0 Å². The molecule has 0 atom stereocenters. The van der Waals surface area contributed by atoms with Crippen molar-refractivity contribution in [1.82, 2.24) is 5.32 Å². The second-order valence-electron chi connectivity index (χ2n) is 8.75. The summed E-state index contributed by atoms with van der Waals surface area (Å²) in [5, 5.41) is 3.57. The number of hydrogen-bond acceptors (Lipinski definition) is 4. The van der Waals surface area contributed by atoms with Crippen LogP contribution in [0.2, 0.25) is 5.02 Å². The van der Waals surface area contributed by atoms with Crippen molar-refractivity contribution in [2.45, 2.75) is 18.0 Å². The number of nitrogens with one attached hydrogen (secondary N) is 1. The normalized spacial score (nSPS) is 13.8. The zero-order valence-electron chi connectivity index (χ0n) is 20.7. The molecule has 5 nitrogen and oxygen atoms in total. The highest BCUT2D eigenvalue weighted by Crippen LogP contribution is 2.42. The van der Waals surface area contributed by atoms with Gasteiger partial charge in [-0.2, -0.15) is 0 Å². The molecule has 0 saturated carbocycles. The maximum Gasteiger partial charge on any atom is 0.265 e. The lowest BCUT2D eigenvalue weighted by atomic mass is 10.1. The molecule has 4 aromatic carbocycles. The minimum atomic E-state index is -0.162. The number of para-hydroxylation sites is 1. The molecule has 0 fully saturated rings. The average molecular weight is 541 g/mol. The Hall–Kier alpha value is -4.00. The predicted octanol–water partition coefficient (Wildman–Crippen LogP) is 6.96. The number of carbonyl (C=O) groups is 2. The summed E-state index contributed by atoms with van der Waals surface area (Å²) in [4.78, 5) is 29.6. The molecule has 0 spiro atoms. The van der Waals surface area contributed by atoms with E-state index in [-0.39, 0.29) is 11.8 Å². The number of nitrogens with zero attached hydrogens (tertiary/aromatic N) is 1. The number of hydrogen-bond donors (Lipinski definition) is 1. The van der Waals surface area contributed by atoms with Crippen molar-refractivity contribution in [1.29, 1.82) is 0 Å². The van der Waals surface area contributed by atoms with Crippen LogP contribution in [-0.4, -0.2) is 18.9 Å². The number of anilines is 1. The average Bonchev–Trinajstić information content (AvgIpc) is 2.94. The molecule has 0 aromatic heterocycles. The van der Waals surface area contributed by atoms with Crippen LogP contribution in [0.3, 0.4) is 0 Å². The molecule has 1 aliphatic heterocycles. The van der Waals surface area contributed by atoms with Gasteiger partial charge in [0.05, 0.1) is 24.2 Å². The largest absolute Gasteiger partial charge is 0.497 e. The fourth-order valence-corrected chi connectivity index (χ4v) is 5.42. The number of thioether (sulfide) groups is 1. The summed E-state index contributed by atoms with van der Waals surface area (Å²) in [6.45, 7) is 0.837. The number of methoxy groups -OCH3 is 1. The summed E-state index contributed by atoms with van der Waals surface area (Å²) in [5.74, 6) is 0.537. The van der Waals surface area contributed by atoms with Gasteiger partial charge in [-0.25, -0.2) is 0 Å². The highest BCUT2D eigenvalue weighted by atomic mass is 35.5. The third kappa shape index (κ3) is 5.93. The lowest BCUT2D eigenvalue weighted by Crippen LogP contribution is -2.33. The lowest BCUT2D eigenvalue weighted by molar-refractivity contribution is -0.114. The van der Waals surface area contributed by atoms with Crippen LogP contribution in [0.25, 0.3) is 6.08 Å². The molecule has 190 valence electrons. The molecule has 5 rings (SSSR count). The van der Waals surface area contributed by atoms with Crippen LogP contribution in [0.5, 0.6) is 5.75 Å². The maximum atomic E-state index is 13.5. The van der Waals surface area contributed by atoms with Crippen molar-refractivity contribution in [3.63, 3.8) is 0 Å². The minimum Gasteiger partial charge on any atom is -0.497 e. The van der Waals surface area contributed by atoms with E-state index in [1.807, 2.05) is 91.0 Å². The number of halogens is 1. The molecule has 0 radical (unpaired) electrons. The van der Waals surface area contributed by atoms with E-state index in [0.29, 0.717) is 28.6 Å². The zero-order chi connectivity index (χ0) is 26.5. The lowest BCUT2D eigenvalue weighted by Gasteiger charge is -2.30. The second-order valence-corrected chi connectivity index (χ2v) is 10.3. The third-order valence-corrected chi connectivity index (χ3v) is 7.46. The van der Waals surface area contributed by atoms with Gasteiger partial charge in [0.25, 0.3) is 11.8 Å². The minimum absolute atomic E-state index is 0.0741. The SMILES string of the molecule is COc1ccc(CNC(=O)c2ccc(/C=C3/Sc4ccccc4N(Cc4cccc(Cl)c4)C3=O)cc2)cc1. The van der Waals surface area contributed by atoms with Crippen molar-refractivity contribution in [3.8, 4) is 5.75 Å². The monoisotopic (exact) mass is 540 g/mol.